The number of piperidine rings is 1. The molecule has 1 aromatic rings. The Balaban J connectivity index is 2.03. The van der Waals surface area contributed by atoms with Gasteiger partial charge in [0.1, 0.15) is 0 Å². The van der Waals surface area contributed by atoms with Gasteiger partial charge in [0.15, 0.2) is 0 Å². The minimum absolute atomic E-state index is 0.300. The quantitative estimate of drug-likeness (QED) is 0.838. The lowest BCUT2D eigenvalue weighted by Gasteiger charge is -2.34. The van der Waals surface area contributed by atoms with Crippen LogP contribution in [0.15, 0.2) is 12.1 Å². The lowest BCUT2D eigenvalue weighted by atomic mass is 9.93. The highest BCUT2D eigenvalue weighted by Gasteiger charge is 2.42. The van der Waals surface area contributed by atoms with E-state index in [1.54, 1.807) is 0 Å². The van der Waals surface area contributed by atoms with Gasteiger partial charge in [0.05, 0.1) is 6.04 Å². The Morgan fingerprint density at radius 1 is 1.21 bits per heavy atom. The van der Waals surface area contributed by atoms with Crippen molar-refractivity contribution < 1.29 is 4.79 Å². The van der Waals surface area contributed by atoms with Gasteiger partial charge in [0.25, 0.3) is 0 Å². The first-order valence-corrected chi connectivity index (χ1v) is 7.18. The number of carbonyl (C=O) groups excluding carboxylic acids is 1. The molecule has 1 amide bonds. The third-order valence-electron chi connectivity index (χ3n) is 4.50. The van der Waals surface area contributed by atoms with Crippen LogP contribution in [0, 0.1) is 26.7 Å². The van der Waals surface area contributed by atoms with Gasteiger partial charge in [-0.15, -0.1) is 0 Å². The molecule has 0 aliphatic carbocycles. The van der Waals surface area contributed by atoms with Crippen molar-refractivity contribution in [2.45, 2.75) is 39.7 Å². The van der Waals surface area contributed by atoms with Crippen molar-refractivity contribution in [2.75, 3.05) is 18.0 Å². The summed E-state index contributed by atoms with van der Waals surface area (Å²) >= 11 is 0. The molecule has 2 heterocycles. The summed E-state index contributed by atoms with van der Waals surface area (Å²) in [5.74, 6) is 0.836. The molecule has 0 saturated carbocycles. The molecule has 2 aliphatic rings. The van der Waals surface area contributed by atoms with Crippen LogP contribution in [0.4, 0.5) is 5.69 Å². The Hall–Kier alpha value is -1.35. The lowest BCUT2D eigenvalue weighted by Crippen LogP contribution is -2.47. The van der Waals surface area contributed by atoms with Gasteiger partial charge < -0.3 is 10.2 Å². The summed E-state index contributed by atoms with van der Waals surface area (Å²) in [5, 5.41) is 3.43. The summed E-state index contributed by atoms with van der Waals surface area (Å²) in [7, 11) is 0. The number of nitrogens with zero attached hydrogens (tertiary/aromatic N) is 1. The number of anilines is 1. The van der Waals surface area contributed by atoms with Crippen LogP contribution < -0.4 is 10.2 Å². The monoisotopic (exact) mass is 258 g/mol. The van der Waals surface area contributed by atoms with Gasteiger partial charge in [-0.3, -0.25) is 4.79 Å². The zero-order valence-corrected chi connectivity index (χ0v) is 12.0. The third-order valence-corrected chi connectivity index (χ3v) is 4.50. The van der Waals surface area contributed by atoms with Crippen molar-refractivity contribution >= 4 is 11.6 Å². The molecular formula is C16H22N2O. The minimum atomic E-state index is 0.300. The first kappa shape index (κ1) is 12.7. The van der Waals surface area contributed by atoms with E-state index in [4.69, 9.17) is 0 Å². The average Bonchev–Trinajstić information content (AvgIpc) is 2.65. The van der Waals surface area contributed by atoms with Crippen LogP contribution in [0.25, 0.3) is 0 Å². The molecule has 2 saturated heterocycles. The summed E-state index contributed by atoms with van der Waals surface area (Å²) < 4.78 is 0. The second-order valence-electron chi connectivity index (χ2n) is 6.04. The van der Waals surface area contributed by atoms with Crippen LogP contribution in [-0.2, 0) is 4.79 Å². The Morgan fingerprint density at radius 3 is 2.58 bits per heavy atom. The fraction of sp³-hybridized carbons (Fsp3) is 0.562. The van der Waals surface area contributed by atoms with E-state index in [9.17, 15) is 4.79 Å². The molecule has 3 nitrogen and oxygen atoms in total. The molecule has 1 N–H and O–H groups in total. The molecule has 2 unspecified atom stereocenters. The Morgan fingerprint density at radius 2 is 1.89 bits per heavy atom. The van der Waals surface area contributed by atoms with E-state index >= 15 is 0 Å². The topological polar surface area (TPSA) is 32.3 Å². The summed E-state index contributed by atoms with van der Waals surface area (Å²) in [5.41, 5.74) is 4.85. The van der Waals surface area contributed by atoms with Crippen LogP contribution in [0.2, 0.25) is 0 Å². The second-order valence-corrected chi connectivity index (χ2v) is 6.04. The van der Waals surface area contributed by atoms with E-state index in [1.807, 2.05) is 0 Å². The number of nitrogens with one attached hydrogen (secondary N) is 1. The third kappa shape index (κ3) is 2.06. The summed E-state index contributed by atoms with van der Waals surface area (Å²) in [6.07, 6.45) is 1.84. The van der Waals surface area contributed by atoms with Gasteiger partial charge >= 0.3 is 0 Å². The number of amides is 1. The fourth-order valence-corrected chi connectivity index (χ4v) is 3.79. The maximum atomic E-state index is 12.4. The maximum Gasteiger partial charge on any atom is 0.227 e. The number of fused-ring (bicyclic) bond motifs is 1. The number of hydrogen-bond acceptors (Lipinski definition) is 2. The van der Waals surface area contributed by atoms with E-state index in [0.29, 0.717) is 17.9 Å². The largest absolute Gasteiger partial charge is 0.315 e. The van der Waals surface area contributed by atoms with Crippen LogP contribution >= 0.6 is 0 Å². The summed E-state index contributed by atoms with van der Waals surface area (Å²) in [6.45, 7) is 8.33. The predicted octanol–water partition coefficient (Wildman–Crippen LogP) is 2.33. The van der Waals surface area contributed by atoms with Crippen molar-refractivity contribution in [3.63, 3.8) is 0 Å². The molecule has 102 valence electrons. The van der Waals surface area contributed by atoms with Crippen molar-refractivity contribution in [1.29, 1.82) is 0 Å². The molecule has 2 fully saturated rings. The molecule has 1 aromatic carbocycles. The molecule has 2 aliphatic heterocycles. The second kappa shape index (κ2) is 4.64. The van der Waals surface area contributed by atoms with Crippen molar-refractivity contribution in [3.8, 4) is 0 Å². The SMILES string of the molecule is Cc1cc(C)c(N2C(=O)CC3CCNCC32)c(C)c1. The smallest absolute Gasteiger partial charge is 0.227 e. The number of hydrogen-bond donors (Lipinski definition) is 1. The van der Waals surface area contributed by atoms with Crippen LogP contribution in [0.3, 0.4) is 0 Å². The van der Waals surface area contributed by atoms with Crippen molar-refractivity contribution in [3.05, 3.63) is 28.8 Å². The molecule has 0 bridgehead atoms. The van der Waals surface area contributed by atoms with Gasteiger partial charge in [-0.05, 0) is 50.8 Å². The van der Waals surface area contributed by atoms with Gasteiger partial charge in [0.2, 0.25) is 5.91 Å². The van der Waals surface area contributed by atoms with E-state index < -0.39 is 0 Å². The highest BCUT2D eigenvalue weighted by molar-refractivity contribution is 5.98. The Bertz CT molecular complexity index is 500. The fourth-order valence-electron chi connectivity index (χ4n) is 3.79. The zero-order valence-electron chi connectivity index (χ0n) is 12.0. The predicted molar refractivity (Wildman–Crippen MR) is 77.5 cm³/mol. The zero-order chi connectivity index (χ0) is 13.6. The minimum Gasteiger partial charge on any atom is -0.315 e. The average molecular weight is 258 g/mol. The van der Waals surface area contributed by atoms with Gasteiger partial charge in [-0.2, -0.15) is 0 Å². The Kier molecular flexibility index (Phi) is 3.09. The summed E-state index contributed by atoms with van der Waals surface area (Å²) in [4.78, 5) is 14.5. The van der Waals surface area contributed by atoms with Gasteiger partial charge in [-0.1, -0.05) is 17.7 Å². The van der Waals surface area contributed by atoms with Crippen LogP contribution in [0.5, 0.6) is 0 Å². The molecule has 0 aromatic heterocycles. The molecular weight excluding hydrogens is 236 g/mol. The lowest BCUT2D eigenvalue weighted by molar-refractivity contribution is -0.117. The number of benzene rings is 1. The maximum absolute atomic E-state index is 12.4. The number of carbonyl (C=O) groups is 1. The van der Waals surface area contributed by atoms with E-state index in [0.717, 1.165) is 31.6 Å². The standard InChI is InChI=1S/C16H22N2O/c1-10-6-11(2)16(12(3)7-10)18-14-9-17-5-4-13(14)8-15(18)19/h6-7,13-14,17H,4-5,8-9H2,1-3H3. The van der Waals surface area contributed by atoms with Crippen LogP contribution in [0.1, 0.15) is 29.5 Å². The Labute approximate surface area is 115 Å². The molecule has 2 atom stereocenters. The van der Waals surface area contributed by atoms with Gasteiger partial charge in [-0.25, -0.2) is 0 Å². The van der Waals surface area contributed by atoms with E-state index in [2.05, 4.69) is 43.1 Å². The van der Waals surface area contributed by atoms with Gasteiger partial charge in [0, 0.05) is 18.7 Å². The number of aryl methyl sites for hydroxylation is 3. The number of rotatable bonds is 1. The summed E-state index contributed by atoms with van der Waals surface area (Å²) in [6, 6.07) is 4.71. The molecule has 3 heteroatoms. The molecule has 0 radical (unpaired) electrons. The highest BCUT2D eigenvalue weighted by atomic mass is 16.2. The van der Waals surface area contributed by atoms with Crippen LogP contribution in [-0.4, -0.2) is 25.0 Å². The van der Waals surface area contributed by atoms with E-state index in [-0.39, 0.29) is 0 Å². The molecule has 19 heavy (non-hydrogen) atoms. The first-order valence-electron chi connectivity index (χ1n) is 7.18. The normalized spacial score (nSPS) is 26.7. The van der Waals surface area contributed by atoms with E-state index in [1.165, 1.54) is 16.7 Å². The molecule has 0 spiro atoms. The first-order chi connectivity index (χ1) is 9.08. The molecule has 3 rings (SSSR count). The van der Waals surface area contributed by atoms with Crippen molar-refractivity contribution in [2.24, 2.45) is 5.92 Å². The highest BCUT2D eigenvalue weighted by Crippen LogP contribution is 2.37. The van der Waals surface area contributed by atoms with Crippen molar-refractivity contribution in [1.82, 2.24) is 5.32 Å².